The van der Waals surface area contributed by atoms with Crippen LogP contribution in [0.1, 0.15) is 32.6 Å². The zero-order chi connectivity index (χ0) is 19.0. The van der Waals surface area contributed by atoms with Crippen LogP contribution in [-0.4, -0.2) is 17.4 Å². The summed E-state index contributed by atoms with van der Waals surface area (Å²) in [6, 6.07) is 14.9. The number of nitrogens with zero attached hydrogens (tertiary/aromatic N) is 2. The van der Waals surface area contributed by atoms with Gasteiger partial charge in [0, 0.05) is 24.0 Å². The summed E-state index contributed by atoms with van der Waals surface area (Å²) in [6.07, 6.45) is 3.16. The Morgan fingerprint density at radius 2 is 2.00 bits per heavy atom. The summed E-state index contributed by atoms with van der Waals surface area (Å²) in [4.78, 5) is 18.3. The molecule has 1 aromatic heterocycles. The molecule has 4 nitrogen and oxygen atoms in total. The van der Waals surface area contributed by atoms with Crippen molar-refractivity contribution in [2.75, 3.05) is 11.4 Å². The topological polar surface area (TPSA) is 59.2 Å². The van der Waals surface area contributed by atoms with E-state index in [1.54, 1.807) is 31.3 Å². The van der Waals surface area contributed by atoms with Gasteiger partial charge in [0.1, 0.15) is 11.6 Å². The standard InChI is InChI=1S/C22H20FN3O/c1-14-5-6-15(12-19(14)23)11-16-7-9-25-21(13-16)26-10-8-17-18(22(24)27)3-2-4-20(17)26/h2-7,9,12-13H,8,10-11H2,1H3,(H2,24,27). The molecular weight excluding hydrogens is 341 g/mol. The van der Waals surface area contributed by atoms with Crippen LogP contribution >= 0.6 is 0 Å². The molecule has 136 valence electrons. The Hall–Kier alpha value is -3.21. The summed E-state index contributed by atoms with van der Waals surface area (Å²) >= 11 is 0. The molecule has 1 aliphatic rings. The van der Waals surface area contributed by atoms with Crippen LogP contribution in [0.4, 0.5) is 15.9 Å². The van der Waals surface area contributed by atoms with E-state index in [-0.39, 0.29) is 5.82 Å². The van der Waals surface area contributed by atoms with Crippen molar-refractivity contribution in [2.45, 2.75) is 19.8 Å². The Bertz CT molecular complexity index is 1030. The summed E-state index contributed by atoms with van der Waals surface area (Å²) in [5.74, 6) is 0.228. The van der Waals surface area contributed by atoms with Crippen molar-refractivity contribution in [1.82, 2.24) is 4.98 Å². The van der Waals surface area contributed by atoms with Crippen LogP contribution < -0.4 is 10.6 Å². The van der Waals surface area contributed by atoms with Crippen molar-refractivity contribution in [3.05, 3.63) is 88.4 Å². The first kappa shape index (κ1) is 17.2. The quantitative estimate of drug-likeness (QED) is 0.766. The van der Waals surface area contributed by atoms with Gasteiger partial charge >= 0.3 is 0 Å². The first-order valence-corrected chi connectivity index (χ1v) is 8.92. The van der Waals surface area contributed by atoms with E-state index in [1.165, 1.54) is 0 Å². The highest BCUT2D eigenvalue weighted by molar-refractivity contribution is 5.96. The highest BCUT2D eigenvalue weighted by Crippen LogP contribution is 2.35. The van der Waals surface area contributed by atoms with Gasteiger partial charge in [0.25, 0.3) is 0 Å². The number of carbonyl (C=O) groups is 1. The van der Waals surface area contributed by atoms with Crippen molar-refractivity contribution < 1.29 is 9.18 Å². The predicted molar refractivity (Wildman–Crippen MR) is 104 cm³/mol. The Kier molecular flexibility index (Phi) is 4.36. The molecule has 0 bridgehead atoms. The number of benzene rings is 2. The number of anilines is 2. The van der Waals surface area contributed by atoms with E-state index in [9.17, 15) is 9.18 Å². The summed E-state index contributed by atoms with van der Waals surface area (Å²) in [5, 5.41) is 0. The number of rotatable bonds is 4. The molecule has 1 amide bonds. The molecule has 2 aromatic carbocycles. The largest absolute Gasteiger partial charge is 0.366 e. The van der Waals surface area contributed by atoms with Crippen LogP contribution in [0.2, 0.25) is 0 Å². The zero-order valence-electron chi connectivity index (χ0n) is 15.1. The lowest BCUT2D eigenvalue weighted by atomic mass is 10.0. The summed E-state index contributed by atoms with van der Waals surface area (Å²) < 4.78 is 13.8. The Morgan fingerprint density at radius 3 is 2.78 bits per heavy atom. The van der Waals surface area contributed by atoms with Gasteiger partial charge in [-0.2, -0.15) is 0 Å². The summed E-state index contributed by atoms with van der Waals surface area (Å²) in [5.41, 5.74) is 10.6. The molecule has 1 aliphatic heterocycles. The SMILES string of the molecule is Cc1ccc(Cc2ccnc(N3CCc4c(C(N)=O)cccc43)c2)cc1F. The zero-order valence-corrected chi connectivity index (χ0v) is 15.1. The molecule has 0 atom stereocenters. The molecule has 0 saturated heterocycles. The van der Waals surface area contributed by atoms with Crippen molar-refractivity contribution in [2.24, 2.45) is 5.73 Å². The normalized spacial score (nSPS) is 12.9. The highest BCUT2D eigenvalue weighted by Gasteiger charge is 2.25. The minimum atomic E-state index is -0.406. The molecule has 0 aliphatic carbocycles. The second-order valence-corrected chi connectivity index (χ2v) is 6.85. The molecular formula is C22H20FN3O. The predicted octanol–water partition coefficient (Wildman–Crippen LogP) is 3.91. The Morgan fingerprint density at radius 1 is 1.19 bits per heavy atom. The van der Waals surface area contributed by atoms with E-state index in [4.69, 9.17) is 5.73 Å². The number of halogens is 1. The third-order valence-corrected chi connectivity index (χ3v) is 5.02. The van der Waals surface area contributed by atoms with Gasteiger partial charge in [-0.1, -0.05) is 18.2 Å². The minimum Gasteiger partial charge on any atom is -0.366 e. The molecule has 0 radical (unpaired) electrons. The van der Waals surface area contributed by atoms with Crippen molar-refractivity contribution in [1.29, 1.82) is 0 Å². The number of hydrogen-bond donors (Lipinski definition) is 1. The maximum absolute atomic E-state index is 13.8. The van der Waals surface area contributed by atoms with Crippen LogP contribution in [0.3, 0.4) is 0 Å². The monoisotopic (exact) mass is 361 g/mol. The lowest BCUT2D eigenvalue weighted by Gasteiger charge is -2.19. The van der Waals surface area contributed by atoms with E-state index in [0.717, 1.165) is 41.2 Å². The van der Waals surface area contributed by atoms with Gasteiger partial charge in [-0.05, 0) is 72.4 Å². The second kappa shape index (κ2) is 6.83. The van der Waals surface area contributed by atoms with Crippen molar-refractivity contribution in [3.8, 4) is 0 Å². The van der Waals surface area contributed by atoms with E-state index in [2.05, 4.69) is 9.88 Å². The van der Waals surface area contributed by atoms with Crippen molar-refractivity contribution in [3.63, 3.8) is 0 Å². The molecule has 27 heavy (non-hydrogen) atoms. The molecule has 0 saturated carbocycles. The maximum atomic E-state index is 13.8. The second-order valence-electron chi connectivity index (χ2n) is 6.85. The van der Waals surface area contributed by atoms with Gasteiger partial charge in [0.15, 0.2) is 0 Å². The number of amides is 1. The smallest absolute Gasteiger partial charge is 0.249 e. The number of pyridine rings is 1. The third kappa shape index (κ3) is 3.28. The molecule has 2 heterocycles. The minimum absolute atomic E-state index is 0.186. The molecule has 0 unspecified atom stereocenters. The fourth-order valence-electron chi connectivity index (χ4n) is 3.60. The van der Waals surface area contributed by atoms with Crippen LogP contribution in [0.5, 0.6) is 0 Å². The molecule has 0 spiro atoms. The van der Waals surface area contributed by atoms with E-state index in [1.807, 2.05) is 30.3 Å². The molecule has 5 heteroatoms. The van der Waals surface area contributed by atoms with Gasteiger partial charge in [0.2, 0.25) is 5.91 Å². The van der Waals surface area contributed by atoms with E-state index < -0.39 is 5.91 Å². The van der Waals surface area contributed by atoms with Crippen LogP contribution in [-0.2, 0) is 12.8 Å². The Balaban J connectivity index is 1.64. The third-order valence-electron chi connectivity index (χ3n) is 5.02. The Labute approximate surface area is 157 Å². The number of hydrogen-bond acceptors (Lipinski definition) is 3. The molecule has 4 rings (SSSR count). The fourth-order valence-corrected chi connectivity index (χ4v) is 3.60. The van der Waals surface area contributed by atoms with Crippen LogP contribution in [0, 0.1) is 12.7 Å². The summed E-state index contributed by atoms with van der Waals surface area (Å²) in [7, 11) is 0. The van der Waals surface area contributed by atoms with Gasteiger partial charge in [0.05, 0.1) is 0 Å². The highest BCUT2D eigenvalue weighted by atomic mass is 19.1. The van der Waals surface area contributed by atoms with Crippen LogP contribution in [0.15, 0.2) is 54.7 Å². The summed E-state index contributed by atoms with van der Waals surface area (Å²) in [6.45, 7) is 2.50. The number of carbonyl (C=O) groups excluding carboxylic acids is 1. The molecule has 2 N–H and O–H groups in total. The number of aromatic nitrogens is 1. The molecule has 0 fully saturated rings. The van der Waals surface area contributed by atoms with Gasteiger partial charge in [-0.15, -0.1) is 0 Å². The van der Waals surface area contributed by atoms with Gasteiger partial charge in [-0.25, -0.2) is 9.37 Å². The lowest BCUT2D eigenvalue weighted by Crippen LogP contribution is -2.15. The van der Waals surface area contributed by atoms with E-state index in [0.29, 0.717) is 17.5 Å². The number of nitrogens with two attached hydrogens (primary N) is 1. The number of primary amides is 1. The first-order valence-electron chi connectivity index (χ1n) is 8.92. The van der Waals surface area contributed by atoms with Gasteiger partial charge < -0.3 is 10.6 Å². The number of aryl methyl sites for hydroxylation is 1. The van der Waals surface area contributed by atoms with E-state index >= 15 is 0 Å². The van der Waals surface area contributed by atoms with Gasteiger partial charge in [-0.3, -0.25) is 4.79 Å². The average Bonchev–Trinajstić information content (AvgIpc) is 3.09. The average molecular weight is 361 g/mol. The molecule has 3 aromatic rings. The maximum Gasteiger partial charge on any atom is 0.249 e. The fraction of sp³-hybridized carbons (Fsp3) is 0.182. The first-order chi connectivity index (χ1) is 13.0. The van der Waals surface area contributed by atoms with Crippen LogP contribution in [0.25, 0.3) is 0 Å². The lowest BCUT2D eigenvalue weighted by molar-refractivity contribution is 0.0999. The number of fused-ring (bicyclic) bond motifs is 1. The van der Waals surface area contributed by atoms with Crippen molar-refractivity contribution >= 4 is 17.4 Å².